The molecule has 2 heterocycles. The summed E-state index contributed by atoms with van der Waals surface area (Å²) in [5, 5.41) is 3.88. The lowest BCUT2D eigenvalue weighted by atomic mass is 10.0. The Kier molecular flexibility index (Phi) is 3.96. The van der Waals surface area contributed by atoms with Gasteiger partial charge < -0.3 is 10.3 Å². The van der Waals surface area contributed by atoms with Crippen LogP contribution in [0.5, 0.6) is 0 Å². The Hall–Kier alpha value is -2.62. The van der Waals surface area contributed by atoms with Crippen molar-refractivity contribution in [3.63, 3.8) is 0 Å². The molecule has 0 unspecified atom stereocenters. The van der Waals surface area contributed by atoms with Crippen LogP contribution < -0.4 is 5.73 Å². The third kappa shape index (κ3) is 3.11. The maximum absolute atomic E-state index is 5.91. The van der Waals surface area contributed by atoms with Gasteiger partial charge >= 0.3 is 0 Å². The van der Waals surface area contributed by atoms with Crippen molar-refractivity contribution in [3.8, 4) is 11.3 Å². The molecule has 0 bridgehead atoms. The summed E-state index contributed by atoms with van der Waals surface area (Å²) in [7, 11) is 0. The fourth-order valence-electron chi connectivity index (χ4n) is 2.39. The van der Waals surface area contributed by atoms with E-state index in [2.05, 4.69) is 34.4 Å². The molecule has 0 fully saturated rings. The number of benzene rings is 1. The first-order valence-electron chi connectivity index (χ1n) is 7.04. The predicted octanol–water partition coefficient (Wildman–Crippen LogP) is 3.49. The number of hydrogen-bond acceptors (Lipinski definition) is 4. The highest BCUT2D eigenvalue weighted by molar-refractivity contribution is 5.72. The van der Waals surface area contributed by atoms with Crippen LogP contribution in [0.2, 0.25) is 0 Å². The highest BCUT2D eigenvalue weighted by Crippen LogP contribution is 2.28. The van der Waals surface area contributed by atoms with Crippen LogP contribution in [0.4, 0.5) is 5.82 Å². The number of pyridine rings is 1. The molecule has 3 rings (SSSR count). The number of rotatable bonds is 5. The molecule has 106 valence electrons. The average molecular weight is 279 g/mol. The van der Waals surface area contributed by atoms with E-state index in [0.717, 1.165) is 36.3 Å². The topological polar surface area (TPSA) is 64.9 Å². The summed E-state index contributed by atoms with van der Waals surface area (Å²) in [6, 6.07) is 16.1. The monoisotopic (exact) mass is 279 g/mol. The zero-order valence-electron chi connectivity index (χ0n) is 11.7. The third-order valence-electron chi connectivity index (χ3n) is 3.42. The van der Waals surface area contributed by atoms with Crippen molar-refractivity contribution in [2.75, 3.05) is 5.73 Å². The molecule has 2 N–H and O–H groups in total. The van der Waals surface area contributed by atoms with Crippen molar-refractivity contribution in [1.29, 1.82) is 0 Å². The van der Waals surface area contributed by atoms with Gasteiger partial charge in [0.15, 0.2) is 5.82 Å². The average Bonchev–Trinajstić information content (AvgIpc) is 2.90. The van der Waals surface area contributed by atoms with Crippen LogP contribution in [0, 0.1) is 0 Å². The Morgan fingerprint density at radius 2 is 1.76 bits per heavy atom. The quantitative estimate of drug-likeness (QED) is 0.776. The van der Waals surface area contributed by atoms with Crippen LogP contribution in [0.15, 0.2) is 59.3 Å². The Bertz CT molecular complexity index is 693. The number of hydrogen-bond donors (Lipinski definition) is 1. The van der Waals surface area contributed by atoms with Gasteiger partial charge in [0.05, 0.1) is 11.3 Å². The van der Waals surface area contributed by atoms with E-state index in [4.69, 9.17) is 10.3 Å². The summed E-state index contributed by atoms with van der Waals surface area (Å²) in [6.45, 7) is 0. The minimum Gasteiger partial charge on any atom is -0.380 e. The number of nitrogens with zero attached hydrogens (tertiary/aromatic N) is 2. The SMILES string of the molecule is Nc1noc(CCCc2ccccc2)c1-c1ccccn1. The van der Waals surface area contributed by atoms with Crippen molar-refractivity contribution in [2.45, 2.75) is 19.3 Å². The Morgan fingerprint density at radius 1 is 0.952 bits per heavy atom. The summed E-state index contributed by atoms with van der Waals surface area (Å²) in [6.07, 6.45) is 4.53. The minimum absolute atomic E-state index is 0.406. The van der Waals surface area contributed by atoms with Gasteiger partial charge in [-0.3, -0.25) is 4.98 Å². The molecule has 0 aliphatic heterocycles. The zero-order chi connectivity index (χ0) is 14.5. The van der Waals surface area contributed by atoms with Crippen LogP contribution in [-0.4, -0.2) is 10.1 Å². The molecule has 0 saturated heterocycles. The number of aromatic nitrogens is 2. The van der Waals surface area contributed by atoms with Crippen LogP contribution in [0.25, 0.3) is 11.3 Å². The molecule has 21 heavy (non-hydrogen) atoms. The third-order valence-corrected chi connectivity index (χ3v) is 3.42. The summed E-state index contributed by atoms with van der Waals surface area (Å²) in [4.78, 5) is 4.33. The molecule has 1 aromatic carbocycles. The predicted molar refractivity (Wildman–Crippen MR) is 82.6 cm³/mol. The molecule has 0 aliphatic carbocycles. The second kappa shape index (κ2) is 6.22. The molecule has 4 nitrogen and oxygen atoms in total. The molecule has 0 spiro atoms. The molecular formula is C17H17N3O. The first kappa shape index (κ1) is 13.4. The molecular weight excluding hydrogens is 262 g/mol. The first-order valence-corrected chi connectivity index (χ1v) is 7.04. The van der Waals surface area contributed by atoms with Crippen LogP contribution in [0.3, 0.4) is 0 Å². The van der Waals surface area contributed by atoms with Gasteiger partial charge in [0.2, 0.25) is 0 Å². The lowest BCUT2D eigenvalue weighted by molar-refractivity contribution is 0.384. The number of anilines is 1. The summed E-state index contributed by atoms with van der Waals surface area (Å²) >= 11 is 0. The molecule has 0 saturated carbocycles. The first-order chi connectivity index (χ1) is 10.3. The van der Waals surface area contributed by atoms with Crippen molar-refractivity contribution < 1.29 is 4.52 Å². The highest BCUT2D eigenvalue weighted by Gasteiger charge is 2.16. The Labute approximate surface area is 123 Å². The lowest BCUT2D eigenvalue weighted by Crippen LogP contribution is -1.94. The zero-order valence-corrected chi connectivity index (χ0v) is 11.7. The summed E-state index contributed by atoms with van der Waals surface area (Å²) < 4.78 is 5.37. The molecule has 0 amide bonds. The normalized spacial score (nSPS) is 10.7. The molecule has 0 atom stereocenters. The van der Waals surface area contributed by atoms with E-state index in [1.165, 1.54) is 5.56 Å². The number of nitrogens with two attached hydrogens (primary N) is 1. The maximum Gasteiger partial charge on any atom is 0.176 e. The van der Waals surface area contributed by atoms with Crippen molar-refractivity contribution in [2.24, 2.45) is 0 Å². The standard InChI is InChI=1S/C17H17N3O/c18-17-16(14-10-4-5-12-19-14)15(21-20-17)11-6-9-13-7-2-1-3-8-13/h1-5,7-8,10,12H,6,9,11H2,(H2,18,20). The number of nitrogen functional groups attached to an aromatic ring is 1. The second-order valence-electron chi connectivity index (χ2n) is 4.92. The van der Waals surface area contributed by atoms with Crippen LogP contribution >= 0.6 is 0 Å². The van der Waals surface area contributed by atoms with Crippen molar-refractivity contribution >= 4 is 5.82 Å². The number of aryl methyl sites for hydroxylation is 2. The highest BCUT2D eigenvalue weighted by atomic mass is 16.5. The van der Waals surface area contributed by atoms with Gasteiger partial charge in [0.25, 0.3) is 0 Å². The molecule has 0 radical (unpaired) electrons. The van der Waals surface area contributed by atoms with Gasteiger partial charge in [-0.25, -0.2) is 0 Å². The van der Waals surface area contributed by atoms with Gasteiger partial charge in [-0.15, -0.1) is 0 Å². The van der Waals surface area contributed by atoms with E-state index in [0.29, 0.717) is 5.82 Å². The fourth-order valence-corrected chi connectivity index (χ4v) is 2.39. The van der Waals surface area contributed by atoms with Gasteiger partial charge in [-0.1, -0.05) is 41.6 Å². The van der Waals surface area contributed by atoms with Crippen LogP contribution in [-0.2, 0) is 12.8 Å². The Morgan fingerprint density at radius 3 is 2.52 bits per heavy atom. The van der Waals surface area contributed by atoms with Gasteiger partial charge in [-0.05, 0) is 30.5 Å². The molecule has 2 aromatic heterocycles. The van der Waals surface area contributed by atoms with E-state index in [9.17, 15) is 0 Å². The summed E-state index contributed by atoms with van der Waals surface area (Å²) in [5.74, 6) is 1.21. The van der Waals surface area contributed by atoms with Crippen LogP contribution in [0.1, 0.15) is 17.7 Å². The van der Waals surface area contributed by atoms with Crippen molar-refractivity contribution in [1.82, 2.24) is 10.1 Å². The largest absolute Gasteiger partial charge is 0.380 e. The van der Waals surface area contributed by atoms with Gasteiger partial charge in [0.1, 0.15) is 5.76 Å². The Balaban J connectivity index is 1.72. The fraction of sp³-hybridized carbons (Fsp3) is 0.176. The maximum atomic E-state index is 5.91. The van der Waals surface area contributed by atoms with Crippen molar-refractivity contribution in [3.05, 3.63) is 66.1 Å². The van der Waals surface area contributed by atoms with Gasteiger partial charge in [-0.2, -0.15) is 0 Å². The van der Waals surface area contributed by atoms with E-state index in [-0.39, 0.29) is 0 Å². The lowest BCUT2D eigenvalue weighted by Gasteiger charge is -2.02. The molecule has 0 aliphatic rings. The van der Waals surface area contributed by atoms with Gasteiger partial charge in [0, 0.05) is 12.6 Å². The summed E-state index contributed by atoms with van der Waals surface area (Å²) in [5.41, 5.74) is 8.87. The van der Waals surface area contributed by atoms with E-state index in [1.54, 1.807) is 6.20 Å². The minimum atomic E-state index is 0.406. The van der Waals surface area contributed by atoms with E-state index in [1.807, 2.05) is 24.3 Å². The molecule has 3 aromatic rings. The molecule has 4 heteroatoms. The van der Waals surface area contributed by atoms with E-state index < -0.39 is 0 Å². The second-order valence-corrected chi connectivity index (χ2v) is 4.92. The van der Waals surface area contributed by atoms with E-state index >= 15 is 0 Å². The smallest absolute Gasteiger partial charge is 0.176 e.